The van der Waals surface area contributed by atoms with Crippen molar-refractivity contribution in [3.8, 4) is 22.8 Å². The monoisotopic (exact) mass is 342 g/mol. The second-order valence-electron chi connectivity index (χ2n) is 5.67. The van der Waals surface area contributed by atoms with E-state index in [1.807, 2.05) is 23.8 Å². The van der Waals surface area contributed by atoms with Gasteiger partial charge in [0.2, 0.25) is 5.88 Å². The van der Waals surface area contributed by atoms with Gasteiger partial charge in [0.05, 0.1) is 30.5 Å². The van der Waals surface area contributed by atoms with Crippen molar-refractivity contribution in [2.75, 3.05) is 20.3 Å². The molecule has 1 aliphatic heterocycles. The molecule has 0 bridgehead atoms. The lowest BCUT2D eigenvalue weighted by atomic mass is 10.1. The molecule has 6 heteroatoms. The number of nitrogens with zero attached hydrogens (tertiary/aromatic N) is 2. The van der Waals surface area contributed by atoms with Gasteiger partial charge in [-0.05, 0) is 17.7 Å². The number of rotatable bonds is 4. The molecule has 0 N–H and O–H groups in total. The van der Waals surface area contributed by atoms with Gasteiger partial charge in [0.15, 0.2) is 0 Å². The zero-order valence-electron chi connectivity index (χ0n) is 13.4. The summed E-state index contributed by atoms with van der Waals surface area (Å²) in [6.07, 6.45) is 3.99. The maximum Gasteiger partial charge on any atom is 0.241 e. The third-order valence-electron chi connectivity index (χ3n) is 4.16. The van der Waals surface area contributed by atoms with Crippen LogP contribution in [-0.2, 0) is 4.74 Å². The molecule has 3 aromatic rings. The summed E-state index contributed by atoms with van der Waals surface area (Å²) >= 11 is 1.59. The van der Waals surface area contributed by atoms with Crippen LogP contribution in [0.15, 0.2) is 36.0 Å². The third-order valence-corrected chi connectivity index (χ3v) is 5.02. The summed E-state index contributed by atoms with van der Waals surface area (Å²) in [5, 5.41) is 0. The van der Waals surface area contributed by atoms with Gasteiger partial charge in [-0.3, -0.25) is 0 Å². The summed E-state index contributed by atoms with van der Waals surface area (Å²) in [5.74, 6) is 1.46. The maximum absolute atomic E-state index is 6.03. The number of fused-ring (bicyclic) bond motifs is 1. The Morgan fingerprint density at radius 1 is 1.12 bits per heavy atom. The van der Waals surface area contributed by atoms with E-state index < -0.39 is 0 Å². The molecule has 3 heterocycles. The lowest BCUT2D eigenvalue weighted by Crippen LogP contribution is -2.25. The second kappa shape index (κ2) is 6.75. The average Bonchev–Trinajstić information content (AvgIpc) is 3.12. The zero-order chi connectivity index (χ0) is 16.4. The molecule has 124 valence electrons. The fourth-order valence-electron chi connectivity index (χ4n) is 2.89. The Bertz CT molecular complexity index is 826. The molecule has 0 amide bonds. The highest BCUT2D eigenvalue weighted by Gasteiger charge is 2.16. The van der Waals surface area contributed by atoms with E-state index in [-0.39, 0.29) is 6.10 Å². The van der Waals surface area contributed by atoms with E-state index in [9.17, 15) is 0 Å². The van der Waals surface area contributed by atoms with Crippen LogP contribution in [-0.4, -0.2) is 36.4 Å². The number of benzene rings is 1. The van der Waals surface area contributed by atoms with Crippen molar-refractivity contribution in [1.29, 1.82) is 0 Å². The molecular weight excluding hydrogens is 324 g/mol. The minimum atomic E-state index is 0.250. The minimum absolute atomic E-state index is 0.250. The summed E-state index contributed by atoms with van der Waals surface area (Å²) in [6.45, 7) is 1.56. The number of ether oxygens (including phenoxy) is 3. The fourth-order valence-corrected chi connectivity index (χ4v) is 3.70. The van der Waals surface area contributed by atoms with E-state index >= 15 is 0 Å². The first-order valence-electron chi connectivity index (χ1n) is 7.96. The van der Waals surface area contributed by atoms with E-state index in [4.69, 9.17) is 14.2 Å². The van der Waals surface area contributed by atoms with Gasteiger partial charge in [-0.25, -0.2) is 9.97 Å². The quantitative estimate of drug-likeness (QED) is 0.719. The number of hydrogen-bond donors (Lipinski definition) is 0. The fraction of sp³-hybridized carbons (Fsp3) is 0.333. The van der Waals surface area contributed by atoms with Crippen LogP contribution in [0.3, 0.4) is 0 Å². The molecule has 0 atom stereocenters. The molecule has 0 aliphatic carbocycles. The van der Waals surface area contributed by atoms with Gasteiger partial charge in [0.1, 0.15) is 17.4 Å². The minimum Gasteiger partial charge on any atom is -0.490 e. The molecule has 24 heavy (non-hydrogen) atoms. The molecule has 1 fully saturated rings. The summed E-state index contributed by atoms with van der Waals surface area (Å²) < 4.78 is 17.8. The molecule has 4 rings (SSSR count). The maximum atomic E-state index is 6.03. The number of pyridine rings is 1. The predicted octanol–water partition coefficient (Wildman–Crippen LogP) is 3.92. The zero-order valence-corrected chi connectivity index (χ0v) is 14.2. The topological polar surface area (TPSA) is 53.5 Å². The molecule has 0 radical (unpaired) electrons. The highest BCUT2D eigenvalue weighted by atomic mass is 32.1. The summed E-state index contributed by atoms with van der Waals surface area (Å²) in [4.78, 5) is 8.73. The molecule has 5 nitrogen and oxygen atoms in total. The molecular formula is C18H18N2O3S. The normalized spacial score (nSPS) is 15.5. The largest absolute Gasteiger partial charge is 0.490 e. The Morgan fingerprint density at radius 2 is 1.92 bits per heavy atom. The highest BCUT2D eigenvalue weighted by molar-refractivity contribution is 7.17. The van der Waals surface area contributed by atoms with Crippen molar-refractivity contribution in [2.45, 2.75) is 18.9 Å². The average molecular weight is 342 g/mol. The second-order valence-corrected chi connectivity index (χ2v) is 6.52. The van der Waals surface area contributed by atoms with Crippen molar-refractivity contribution >= 4 is 21.6 Å². The molecule has 0 saturated carbocycles. The summed E-state index contributed by atoms with van der Waals surface area (Å²) in [5.41, 5.74) is 4.79. The SMILES string of the molecule is COc1ncc(-c2ccc(OC3CCOCC3)cc2)c2scnc12. The Hall–Kier alpha value is -2.18. The van der Waals surface area contributed by atoms with Gasteiger partial charge in [-0.2, -0.15) is 0 Å². The van der Waals surface area contributed by atoms with Crippen LogP contribution in [0.1, 0.15) is 12.8 Å². The van der Waals surface area contributed by atoms with Gasteiger partial charge in [-0.15, -0.1) is 11.3 Å². The van der Waals surface area contributed by atoms with E-state index in [2.05, 4.69) is 22.1 Å². The van der Waals surface area contributed by atoms with Gasteiger partial charge in [-0.1, -0.05) is 12.1 Å². The van der Waals surface area contributed by atoms with Crippen LogP contribution in [0.25, 0.3) is 21.3 Å². The van der Waals surface area contributed by atoms with Gasteiger partial charge < -0.3 is 14.2 Å². The Balaban J connectivity index is 1.60. The molecule has 1 saturated heterocycles. The molecule has 0 unspecified atom stereocenters. The van der Waals surface area contributed by atoms with E-state index in [0.29, 0.717) is 5.88 Å². The van der Waals surface area contributed by atoms with E-state index in [0.717, 1.165) is 53.1 Å². The van der Waals surface area contributed by atoms with Crippen molar-refractivity contribution in [1.82, 2.24) is 9.97 Å². The molecule has 1 aliphatic rings. The Morgan fingerprint density at radius 3 is 2.67 bits per heavy atom. The van der Waals surface area contributed by atoms with Crippen LogP contribution in [0.2, 0.25) is 0 Å². The van der Waals surface area contributed by atoms with Crippen molar-refractivity contribution in [3.63, 3.8) is 0 Å². The highest BCUT2D eigenvalue weighted by Crippen LogP contribution is 2.35. The first-order chi connectivity index (χ1) is 11.8. The number of hydrogen-bond acceptors (Lipinski definition) is 6. The lowest BCUT2D eigenvalue weighted by molar-refractivity contribution is 0.0256. The summed E-state index contributed by atoms with van der Waals surface area (Å²) in [6, 6.07) is 8.17. The van der Waals surface area contributed by atoms with Gasteiger partial charge in [0.25, 0.3) is 0 Å². The number of aromatic nitrogens is 2. The first kappa shape index (κ1) is 15.4. The van der Waals surface area contributed by atoms with Gasteiger partial charge in [0, 0.05) is 24.6 Å². The van der Waals surface area contributed by atoms with Crippen LogP contribution in [0.4, 0.5) is 0 Å². The van der Waals surface area contributed by atoms with E-state index in [1.165, 1.54) is 0 Å². The van der Waals surface area contributed by atoms with Crippen LogP contribution < -0.4 is 9.47 Å². The third kappa shape index (κ3) is 2.95. The van der Waals surface area contributed by atoms with Gasteiger partial charge >= 0.3 is 0 Å². The number of thiazole rings is 1. The predicted molar refractivity (Wildman–Crippen MR) is 93.9 cm³/mol. The van der Waals surface area contributed by atoms with Crippen molar-refractivity contribution in [2.24, 2.45) is 0 Å². The standard InChI is InChI=1S/C18H18N2O3S/c1-21-18-16-17(24-11-20-16)15(10-19-18)12-2-4-13(5-3-12)23-14-6-8-22-9-7-14/h2-5,10-11,14H,6-9H2,1H3. The molecule has 2 aromatic heterocycles. The van der Waals surface area contributed by atoms with Crippen molar-refractivity contribution in [3.05, 3.63) is 36.0 Å². The van der Waals surface area contributed by atoms with Crippen LogP contribution in [0.5, 0.6) is 11.6 Å². The smallest absolute Gasteiger partial charge is 0.241 e. The van der Waals surface area contributed by atoms with Crippen LogP contribution in [0, 0.1) is 0 Å². The summed E-state index contributed by atoms with van der Waals surface area (Å²) in [7, 11) is 1.61. The molecule has 1 aromatic carbocycles. The van der Waals surface area contributed by atoms with E-state index in [1.54, 1.807) is 18.4 Å². The molecule has 0 spiro atoms. The Kier molecular flexibility index (Phi) is 4.32. The first-order valence-corrected chi connectivity index (χ1v) is 8.84. The lowest BCUT2D eigenvalue weighted by Gasteiger charge is -2.23. The van der Waals surface area contributed by atoms with Crippen LogP contribution >= 0.6 is 11.3 Å². The number of methoxy groups -OCH3 is 1. The Labute approximate surface area is 144 Å². The van der Waals surface area contributed by atoms with Crippen molar-refractivity contribution < 1.29 is 14.2 Å².